The Bertz CT molecular complexity index is 387. The molecule has 0 heterocycles. The zero-order valence-corrected chi connectivity index (χ0v) is 14.2. The number of benzene rings is 1. The van der Waals surface area contributed by atoms with Crippen LogP contribution in [-0.4, -0.2) is 6.61 Å². The molecule has 0 radical (unpaired) electrons. The zero-order chi connectivity index (χ0) is 15.5. The number of ether oxygens (including phenoxy) is 1. The van der Waals surface area contributed by atoms with Gasteiger partial charge in [0, 0.05) is 11.6 Å². The number of nitrogens with two attached hydrogens (primary N) is 1. The van der Waals surface area contributed by atoms with Crippen LogP contribution in [0.3, 0.4) is 0 Å². The molecule has 0 aliphatic heterocycles. The number of rotatable bonds is 11. The summed E-state index contributed by atoms with van der Waals surface area (Å²) in [6.45, 7) is 7.17. The third kappa shape index (κ3) is 7.52. The molecule has 0 aromatic heterocycles. The van der Waals surface area contributed by atoms with E-state index >= 15 is 0 Å². The summed E-state index contributed by atoms with van der Waals surface area (Å²) in [7, 11) is 0. The first-order chi connectivity index (χ1) is 10.1. The summed E-state index contributed by atoms with van der Waals surface area (Å²) in [6, 6.07) is 6.31. The Balaban J connectivity index is 2.19. The Morgan fingerprint density at radius 3 is 2.24 bits per heavy atom. The second kappa shape index (κ2) is 10.7. The van der Waals surface area contributed by atoms with Crippen molar-refractivity contribution < 1.29 is 4.74 Å². The molecule has 0 saturated carbocycles. The van der Waals surface area contributed by atoms with E-state index in [0.717, 1.165) is 24.3 Å². The highest BCUT2D eigenvalue weighted by Gasteiger charge is 2.08. The van der Waals surface area contributed by atoms with E-state index < -0.39 is 0 Å². The first-order valence-corrected chi connectivity index (χ1v) is 8.64. The van der Waals surface area contributed by atoms with Crippen molar-refractivity contribution in [1.82, 2.24) is 0 Å². The number of hydrogen-bond acceptors (Lipinski definition) is 2. The van der Waals surface area contributed by atoms with Gasteiger partial charge in [0.15, 0.2) is 0 Å². The van der Waals surface area contributed by atoms with Gasteiger partial charge in [-0.05, 0) is 31.9 Å². The van der Waals surface area contributed by atoms with Crippen LogP contribution in [0.2, 0.25) is 0 Å². The van der Waals surface area contributed by atoms with Gasteiger partial charge in [0.2, 0.25) is 0 Å². The van der Waals surface area contributed by atoms with E-state index in [0.29, 0.717) is 0 Å². The molecule has 1 rings (SSSR count). The molecule has 0 bridgehead atoms. The van der Waals surface area contributed by atoms with Crippen LogP contribution in [0, 0.1) is 6.92 Å². The first-order valence-electron chi connectivity index (χ1n) is 8.64. The molecule has 0 spiro atoms. The van der Waals surface area contributed by atoms with Crippen molar-refractivity contribution in [2.75, 3.05) is 6.61 Å². The summed E-state index contributed by atoms with van der Waals surface area (Å²) < 4.78 is 5.94. The molecule has 2 nitrogen and oxygen atoms in total. The van der Waals surface area contributed by atoms with E-state index in [1.807, 2.05) is 6.92 Å². The SMILES string of the molecule is CCCCCCCCCCOc1cc(C)ccc1[C@H](C)N. The van der Waals surface area contributed by atoms with Crippen molar-refractivity contribution in [2.45, 2.75) is 78.2 Å². The predicted molar refractivity (Wildman–Crippen MR) is 91.9 cm³/mol. The molecule has 0 fully saturated rings. The maximum absolute atomic E-state index is 5.99. The minimum atomic E-state index is 0.0270. The summed E-state index contributed by atoms with van der Waals surface area (Å²) >= 11 is 0. The molecule has 0 unspecified atom stereocenters. The molecule has 0 saturated heterocycles. The Kier molecular flexibility index (Phi) is 9.16. The number of aryl methyl sites for hydroxylation is 1. The second-order valence-electron chi connectivity index (χ2n) is 6.15. The van der Waals surface area contributed by atoms with Gasteiger partial charge in [-0.2, -0.15) is 0 Å². The van der Waals surface area contributed by atoms with Gasteiger partial charge in [-0.15, -0.1) is 0 Å². The number of hydrogen-bond donors (Lipinski definition) is 1. The fourth-order valence-corrected chi connectivity index (χ4v) is 2.56. The normalized spacial score (nSPS) is 12.4. The number of unbranched alkanes of at least 4 members (excludes halogenated alkanes) is 7. The van der Waals surface area contributed by atoms with E-state index in [2.05, 4.69) is 32.0 Å². The third-order valence-corrected chi connectivity index (χ3v) is 3.92. The molecule has 0 amide bonds. The summed E-state index contributed by atoms with van der Waals surface area (Å²) in [6.07, 6.45) is 10.6. The maximum atomic E-state index is 5.99. The second-order valence-corrected chi connectivity index (χ2v) is 6.15. The van der Waals surface area contributed by atoms with Gasteiger partial charge >= 0.3 is 0 Å². The van der Waals surface area contributed by atoms with Gasteiger partial charge in [-0.25, -0.2) is 0 Å². The fourth-order valence-electron chi connectivity index (χ4n) is 2.56. The fraction of sp³-hybridized carbons (Fsp3) is 0.684. The van der Waals surface area contributed by atoms with Crippen LogP contribution in [0.15, 0.2) is 18.2 Å². The van der Waals surface area contributed by atoms with E-state index in [1.165, 1.54) is 50.5 Å². The van der Waals surface area contributed by atoms with Gasteiger partial charge in [-0.3, -0.25) is 0 Å². The molecule has 1 aromatic rings. The van der Waals surface area contributed by atoms with Crippen molar-refractivity contribution in [1.29, 1.82) is 0 Å². The average molecular weight is 291 g/mol. The Morgan fingerprint density at radius 2 is 1.62 bits per heavy atom. The van der Waals surface area contributed by atoms with Crippen LogP contribution >= 0.6 is 0 Å². The minimum absolute atomic E-state index is 0.0270. The van der Waals surface area contributed by atoms with Crippen LogP contribution in [0.1, 0.15) is 82.4 Å². The maximum Gasteiger partial charge on any atom is 0.124 e. The Hall–Kier alpha value is -1.02. The first kappa shape index (κ1) is 18.0. The average Bonchev–Trinajstić information content (AvgIpc) is 2.45. The Morgan fingerprint density at radius 1 is 1.00 bits per heavy atom. The summed E-state index contributed by atoms with van der Waals surface area (Å²) in [5.74, 6) is 0.966. The highest BCUT2D eigenvalue weighted by molar-refractivity contribution is 5.38. The topological polar surface area (TPSA) is 35.2 Å². The van der Waals surface area contributed by atoms with E-state index in [4.69, 9.17) is 10.5 Å². The zero-order valence-electron chi connectivity index (χ0n) is 14.2. The van der Waals surface area contributed by atoms with Crippen LogP contribution in [0.4, 0.5) is 0 Å². The molecule has 120 valence electrons. The molecule has 2 N–H and O–H groups in total. The summed E-state index contributed by atoms with van der Waals surface area (Å²) in [5.41, 5.74) is 8.33. The molecule has 1 aromatic carbocycles. The molecular formula is C19H33NO. The van der Waals surface area contributed by atoms with Crippen molar-refractivity contribution in [2.24, 2.45) is 5.73 Å². The van der Waals surface area contributed by atoms with Crippen molar-refractivity contribution in [3.8, 4) is 5.75 Å². The van der Waals surface area contributed by atoms with E-state index in [-0.39, 0.29) is 6.04 Å². The van der Waals surface area contributed by atoms with Gasteiger partial charge < -0.3 is 10.5 Å². The lowest BCUT2D eigenvalue weighted by Gasteiger charge is -2.14. The molecule has 21 heavy (non-hydrogen) atoms. The largest absolute Gasteiger partial charge is 0.493 e. The van der Waals surface area contributed by atoms with Crippen molar-refractivity contribution in [3.63, 3.8) is 0 Å². The lowest BCUT2D eigenvalue weighted by molar-refractivity contribution is 0.300. The minimum Gasteiger partial charge on any atom is -0.493 e. The van der Waals surface area contributed by atoms with Gasteiger partial charge in [0.05, 0.1) is 6.61 Å². The standard InChI is InChI=1S/C19H33NO/c1-4-5-6-7-8-9-10-11-14-21-19-15-16(2)12-13-18(19)17(3)20/h12-13,15,17H,4-11,14,20H2,1-3H3/t17-/m0/s1. The lowest BCUT2D eigenvalue weighted by Crippen LogP contribution is -2.09. The van der Waals surface area contributed by atoms with Crippen LogP contribution in [0.5, 0.6) is 5.75 Å². The van der Waals surface area contributed by atoms with Crippen LogP contribution in [-0.2, 0) is 0 Å². The highest BCUT2D eigenvalue weighted by Crippen LogP contribution is 2.25. The smallest absolute Gasteiger partial charge is 0.124 e. The molecule has 2 heteroatoms. The van der Waals surface area contributed by atoms with Crippen LogP contribution in [0.25, 0.3) is 0 Å². The van der Waals surface area contributed by atoms with E-state index in [9.17, 15) is 0 Å². The van der Waals surface area contributed by atoms with Gasteiger partial charge in [0.25, 0.3) is 0 Å². The molecule has 1 atom stereocenters. The molecule has 0 aliphatic rings. The summed E-state index contributed by atoms with van der Waals surface area (Å²) in [4.78, 5) is 0. The quantitative estimate of drug-likeness (QED) is 0.544. The molecule has 0 aliphatic carbocycles. The van der Waals surface area contributed by atoms with Gasteiger partial charge in [-0.1, -0.05) is 64.0 Å². The van der Waals surface area contributed by atoms with Gasteiger partial charge in [0.1, 0.15) is 5.75 Å². The lowest BCUT2D eigenvalue weighted by atomic mass is 10.1. The van der Waals surface area contributed by atoms with Crippen molar-refractivity contribution in [3.05, 3.63) is 29.3 Å². The summed E-state index contributed by atoms with van der Waals surface area (Å²) in [5, 5.41) is 0. The van der Waals surface area contributed by atoms with Crippen molar-refractivity contribution >= 4 is 0 Å². The predicted octanol–water partition coefficient (Wildman–Crippen LogP) is 5.53. The Labute approximate surface area is 131 Å². The monoisotopic (exact) mass is 291 g/mol. The van der Waals surface area contributed by atoms with E-state index in [1.54, 1.807) is 0 Å². The van der Waals surface area contributed by atoms with Crippen LogP contribution < -0.4 is 10.5 Å². The third-order valence-electron chi connectivity index (χ3n) is 3.92. The molecular weight excluding hydrogens is 258 g/mol. The highest BCUT2D eigenvalue weighted by atomic mass is 16.5.